The summed E-state index contributed by atoms with van der Waals surface area (Å²) in [6, 6.07) is 0. The molecule has 21 heavy (non-hydrogen) atoms. The summed E-state index contributed by atoms with van der Waals surface area (Å²) in [4.78, 5) is 0. The molecule has 0 spiro atoms. The Morgan fingerprint density at radius 3 is 1.81 bits per heavy atom. The van der Waals surface area contributed by atoms with Gasteiger partial charge >= 0.3 is 20.8 Å². The molecule has 0 aliphatic rings. The average Bonchev–Trinajstić information content (AvgIpc) is 2.31. The van der Waals surface area contributed by atoms with Gasteiger partial charge in [0.15, 0.2) is 0 Å². The summed E-state index contributed by atoms with van der Waals surface area (Å²) in [7, 11) is -9.85. The van der Waals surface area contributed by atoms with Gasteiger partial charge in [-0.15, -0.1) is 3.63 Å². The molecule has 0 aliphatic heterocycles. The Kier molecular flexibility index (Phi) is 10.4. The second-order valence-corrected chi connectivity index (χ2v) is 7.38. The van der Waals surface area contributed by atoms with Gasteiger partial charge in [-0.1, -0.05) is 58.8 Å². The fraction of sp³-hybridized carbons (Fsp3) is 1.00. The zero-order chi connectivity index (χ0) is 16.4. The fourth-order valence-corrected chi connectivity index (χ4v) is 3.45. The van der Waals surface area contributed by atoms with Gasteiger partial charge < -0.3 is 0 Å². The lowest BCUT2D eigenvalue weighted by Crippen LogP contribution is -2.22. The van der Waals surface area contributed by atoms with E-state index in [0.717, 1.165) is 44.9 Å². The van der Waals surface area contributed by atoms with E-state index in [1.807, 2.05) is 6.92 Å². The van der Waals surface area contributed by atoms with Crippen LogP contribution >= 0.6 is 0 Å². The van der Waals surface area contributed by atoms with Gasteiger partial charge in [0.2, 0.25) is 0 Å². The average molecular weight is 346 g/mol. The second-order valence-electron chi connectivity index (χ2n) is 4.97. The molecule has 0 saturated heterocycles. The zero-order valence-electron chi connectivity index (χ0n) is 12.7. The molecule has 0 aromatic rings. The van der Waals surface area contributed by atoms with Gasteiger partial charge in [-0.05, 0) is 12.8 Å². The zero-order valence-corrected chi connectivity index (χ0v) is 14.3. The highest BCUT2D eigenvalue weighted by Gasteiger charge is 2.25. The van der Waals surface area contributed by atoms with Crippen molar-refractivity contribution in [3.8, 4) is 0 Å². The lowest BCUT2D eigenvalue weighted by molar-refractivity contribution is 0.159. The molecule has 1 atom stereocenters. The van der Waals surface area contributed by atoms with Gasteiger partial charge in [-0.25, -0.2) is 4.18 Å². The molecule has 0 heterocycles. The molecule has 0 radical (unpaired) electrons. The Morgan fingerprint density at radius 2 is 1.33 bits per heavy atom. The van der Waals surface area contributed by atoms with E-state index in [1.54, 1.807) is 0 Å². The third kappa shape index (κ3) is 13.2. The van der Waals surface area contributed by atoms with Crippen molar-refractivity contribution in [3.63, 3.8) is 0 Å². The Hall–Kier alpha value is -0.220. The van der Waals surface area contributed by atoms with E-state index in [4.69, 9.17) is 8.74 Å². The minimum atomic E-state index is -5.09. The van der Waals surface area contributed by atoms with Gasteiger partial charge in [0.05, 0.1) is 6.10 Å². The van der Waals surface area contributed by atoms with Crippen LogP contribution in [0.4, 0.5) is 0 Å². The maximum absolute atomic E-state index is 11.4. The number of rotatable bonds is 13. The van der Waals surface area contributed by atoms with Crippen LogP contribution in [0, 0.1) is 0 Å². The van der Waals surface area contributed by atoms with E-state index in [1.165, 1.54) is 0 Å². The Morgan fingerprint density at radius 1 is 0.857 bits per heavy atom. The number of hydrogen-bond donors (Lipinski definition) is 1. The monoisotopic (exact) mass is 346 g/mol. The van der Waals surface area contributed by atoms with Crippen molar-refractivity contribution in [1.82, 2.24) is 0 Å². The van der Waals surface area contributed by atoms with E-state index < -0.39 is 26.9 Å². The van der Waals surface area contributed by atoms with Gasteiger partial charge in [-0.3, -0.25) is 4.55 Å². The molecule has 0 aliphatic carbocycles. The largest absolute Gasteiger partial charge is 0.416 e. The molecule has 1 N–H and O–H groups in total. The Bertz CT molecular complexity index is 456. The quantitative estimate of drug-likeness (QED) is 0.403. The van der Waals surface area contributed by atoms with Crippen LogP contribution in [0.2, 0.25) is 0 Å². The number of hydrogen-bond acceptors (Lipinski definition) is 6. The predicted molar refractivity (Wildman–Crippen MR) is 79.3 cm³/mol. The highest BCUT2D eigenvalue weighted by molar-refractivity contribution is 7.94. The van der Waals surface area contributed by atoms with E-state index in [0.29, 0.717) is 12.8 Å². The van der Waals surface area contributed by atoms with Crippen LogP contribution in [-0.2, 0) is 28.6 Å². The van der Waals surface area contributed by atoms with Crippen molar-refractivity contribution < 1.29 is 29.2 Å². The molecule has 0 aromatic carbocycles. The smallest absolute Gasteiger partial charge is 0.263 e. The molecular weight excluding hydrogens is 320 g/mol. The molecule has 0 saturated carbocycles. The summed E-state index contributed by atoms with van der Waals surface area (Å²) >= 11 is 0. The van der Waals surface area contributed by atoms with Crippen LogP contribution in [0.25, 0.3) is 0 Å². The topological polar surface area (TPSA) is 107 Å². The van der Waals surface area contributed by atoms with Gasteiger partial charge in [0.25, 0.3) is 0 Å². The molecule has 0 fully saturated rings. The van der Waals surface area contributed by atoms with Crippen LogP contribution in [0.1, 0.15) is 71.6 Å². The first-order chi connectivity index (χ1) is 9.70. The predicted octanol–water partition coefficient (Wildman–Crippen LogP) is 2.99. The normalized spacial score (nSPS) is 14.2. The van der Waals surface area contributed by atoms with Crippen LogP contribution in [0.5, 0.6) is 0 Å². The van der Waals surface area contributed by atoms with Crippen molar-refractivity contribution in [2.75, 3.05) is 0 Å². The number of unbranched alkanes of at least 4 members (excludes halogenated alkanes) is 5. The SMILES string of the molecule is CCCCCCC(CCCCC)OS(=O)(=O)OS(=O)(=O)O. The van der Waals surface area contributed by atoms with Gasteiger partial charge in [0.1, 0.15) is 0 Å². The van der Waals surface area contributed by atoms with E-state index in [2.05, 4.69) is 10.6 Å². The maximum Gasteiger partial charge on any atom is 0.416 e. The first-order valence-electron chi connectivity index (χ1n) is 7.32. The van der Waals surface area contributed by atoms with Crippen LogP contribution in [-0.4, -0.2) is 27.5 Å². The van der Waals surface area contributed by atoms with E-state index in [-0.39, 0.29) is 0 Å². The van der Waals surface area contributed by atoms with E-state index >= 15 is 0 Å². The summed E-state index contributed by atoms with van der Waals surface area (Å²) in [6.07, 6.45) is 6.98. The highest BCUT2D eigenvalue weighted by Crippen LogP contribution is 2.18. The molecule has 0 rings (SSSR count). The molecule has 0 amide bonds. The highest BCUT2D eigenvalue weighted by atomic mass is 32.3. The summed E-state index contributed by atoms with van der Waals surface area (Å²) in [5, 5.41) is 0. The van der Waals surface area contributed by atoms with E-state index in [9.17, 15) is 16.8 Å². The summed E-state index contributed by atoms with van der Waals surface area (Å²) in [5.41, 5.74) is 0. The van der Waals surface area contributed by atoms with Crippen molar-refractivity contribution in [2.45, 2.75) is 77.7 Å². The molecule has 0 bridgehead atoms. The fourth-order valence-electron chi connectivity index (χ4n) is 1.95. The third-order valence-corrected chi connectivity index (χ3v) is 4.79. The first-order valence-corrected chi connectivity index (χ1v) is 10.0. The standard InChI is InChI=1S/C12H26O7S2/c1-3-5-7-9-11-12(10-8-6-4-2)18-21(16,17)19-20(13,14)15/h12H,3-11H2,1-2H3,(H,13,14,15). The van der Waals surface area contributed by atoms with Crippen molar-refractivity contribution in [2.24, 2.45) is 0 Å². The van der Waals surface area contributed by atoms with Crippen molar-refractivity contribution >= 4 is 20.8 Å². The Labute approximate surface area is 128 Å². The maximum atomic E-state index is 11.4. The second kappa shape index (κ2) is 10.5. The lowest BCUT2D eigenvalue weighted by Gasteiger charge is -2.16. The summed E-state index contributed by atoms with van der Waals surface area (Å²) < 4.78 is 60.4. The summed E-state index contributed by atoms with van der Waals surface area (Å²) in [5.74, 6) is 0. The molecule has 1 unspecified atom stereocenters. The van der Waals surface area contributed by atoms with Crippen LogP contribution in [0.3, 0.4) is 0 Å². The van der Waals surface area contributed by atoms with Crippen molar-refractivity contribution in [1.29, 1.82) is 0 Å². The molecule has 7 nitrogen and oxygen atoms in total. The molecule has 128 valence electrons. The molecule has 0 aromatic heterocycles. The van der Waals surface area contributed by atoms with Crippen LogP contribution < -0.4 is 0 Å². The van der Waals surface area contributed by atoms with Crippen LogP contribution in [0.15, 0.2) is 0 Å². The minimum Gasteiger partial charge on any atom is -0.263 e. The van der Waals surface area contributed by atoms with Gasteiger partial charge in [0, 0.05) is 0 Å². The molecular formula is C12H26O7S2. The van der Waals surface area contributed by atoms with Gasteiger partial charge in [-0.2, -0.15) is 16.8 Å². The minimum absolute atomic E-state index is 0.508. The third-order valence-electron chi connectivity index (χ3n) is 2.93. The molecule has 9 heteroatoms. The van der Waals surface area contributed by atoms with Crippen molar-refractivity contribution in [3.05, 3.63) is 0 Å². The lowest BCUT2D eigenvalue weighted by atomic mass is 10.0. The Balaban J connectivity index is 4.49. The first kappa shape index (κ1) is 20.8. The summed E-state index contributed by atoms with van der Waals surface area (Å²) in [6.45, 7) is 4.09.